The van der Waals surface area contributed by atoms with E-state index in [1.54, 1.807) is 0 Å². The van der Waals surface area contributed by atoms with Crippen LogP contribution >= 0.6 is 11.6 Å². The number of carbonyl (C=O) groups is 1. The molecular formula is C25H32ClN3O. The van der Waals surface area contributed by atoms with Crippen molar-refractivity contribution >= 4 is 28.9 Å². The Balaban J connectivity index is 1.77. The molecule has 30 heavy (non-hydrogen) atoms. The van der Waals surface area contributed by atoms with Gasteiger partial charge in [0.05, 0.1) is 17.3 Å². The van der Waals surface area contributed by atoms with E-state index in [-0.39, 0.29) is 11.8 Å². The highest BCUT2D eigenvalue weighted by atomic mass is 35.5. The molecule has 2 aromatic rings. The van der Waals surface area contributed by atoms with Crippen LogP contribution in [0.2, 0.25) is 5.02 Å². The van der Waals surface area contributed by atoms with Crippen molar-refractivity contribution in [1.29, 1.82) is 0 Å². The lowest BCUT2D eigenvalue weighted by atomic mass is 9.71. The standard InChI is InChI=1S/C25H32ClN3O/c1-2-3-17-27-24(30)23(18-9-5-4-6-10-18)25(19-13-15-20(26)16-14-19)28-21-11-7-8-12-22(21)29-25/h7-8,11-16,18,23,28-29H,2-6,9-10,17H2,1H3,(H,27,30). The average molecular weight is 426 g/mol. The molecule has 1 amide bonds. The van der Waals surface area contributed by atoms with E-state index in [1.807, 2.05) is 36.4 Å². The molecule has 4 rings (SSSR count). The summed E-state index contributed by atoms with van der Waals surface area (Å²) in [5.41, 5.74) is 2.43. The SMILES string of the molecule is CCCCNC(=O)C(C1CCCCC1)C1(c2ccc(Cl)cc2)Nc2ccccc2N1. The Morgan fingerprint density at radius 1 is 1.07 bits per heavy atom. The lowest BCUT2D eigenvalue weighted by Gasteiger charge is -2.43. The minimum absolute atomic E-state index is 0.137. The number of hydrogen-bond donors (Lipinski definition) is 3. The molecule has 0 radical (unpaired) electrons. The van der Waals surface area contributed by atoms with Crippen LogP contribution in [0.4, 0.5) is 11.4 Å². The molecule has 2 aliphatic rings. The highest BCUT2D eigenvalue weighted by molar-refractivity contribution is 6.30. The topological polar surface area (TPSA) is 53.2 Å². The van der Waals surface area contributed by atoms with Gasteiger partial charge in [0.1, 0.15) is 5.66 Å². The maximum absolute atomic E-state index is 13.7. The van der Waals surface area contributed by atoms with Crippen LogP contribution in [-0.2, 0) is 10.5 Å². The predicted molar refractivity (Wildman–Crippen MR) is 125 cm³/mol. The quantitative estimate of drug-likeness (QED) is 0.467. The van der Waals surface area contributed by atoms with E-state index >= 15 is 0 Å². The molecule has 0 saturated heterocycles. The molecule has 1 aliphatic heterocycles. The molecule has 1 heterocycles. The number of benzene rings is 2. The summed E-state index contributed by atoms with van der Waals surface area (Å²) >= 11 is 6.21. The van der Waals surface area contributed by atoms with Crippen LogP contribution < -0.4 is 16.0 Å². The largest absolute Gasteiger partial charge is 0.357 e. The number of hydrogen-bond acceptors (Lipinski definition) is 3. The molecular weight excluding hydrogens is 394 g/mol. The Morgan fingerprint density at radius 3 is 2.30 bits per heavy atom. The third-order valence-electron chi connectivity index (χ3n) is 6.59. The predicted octanol–water partition coefficient (Wildman–Crippen LogP) is 6.14. The second-order valence-corrected chi connectivity index (χ2v) is 9.07. The van der Waals surface area contributed by atoms with Crippen LogP contribution in [0.25, 0.3) is 0 Å². The van der Waals surface area contributed by atoms with Crippen LogP contribution in [0.3, 0.4) is 0 Å². The van der Waals surface area contributed by atoms with E-state index in [4.69, 9.17) is 11.6 Å². The van der Waals surface area contributed by atoms with Crippen LogP contribution in [-0.4, -0.2) is 12.5 Å². The maximum atomic E-state index is 13.7. The van der Waals surface area contributed by atoms with Crippen LogP contribution in [0.5, 0.6) is 0 Å². The van der Waals surface area contributed by atoms with Crippen molar-refractivity contribution in [2.45, 2.75) is 57.5 Å². The number of para-hydroxylation sites is 2. The molecule has 1 atom stereocenters. The van der Waals surface area contributed by atoms with Crippen LogP contribution in [0, 0.1) is 11.8 Å². The second-order valence-electron chi connectivity index (χ2n) is 8.63. The average Bonchev–Trinajstić information content (AvgIpc) is 3.15. The fraction of sp³-hybridized carbons (Fsp3) is 0.480. The van der Waals surface area contributed by atoms with Crippen molar-refractivity contribution < 1.29 is 4.79 Å². The number of nitrogens with one attached hydrogen (secondary N) is 3. The Labute approximate surface area is 184 Å². The first-order valence-electron chi connectivity index (χ1n) is 11.3. The van der Waals surface area contributed by atoms with Crippen LogP contribution in [0.1, 0.15) is 57.4 Å². The van der Waals surface area contributed by atoms with E-state index < -0.39 is 5.66 Å². The molecule has 0 bridgehead atoms. The molecule has 1 unspecified atom stereocenters. The third-order valence-corrected chi connectivity index (χ3v) is 6.84. The lowest BCUT2D eigenvalue weighted by Crippen LogP contribution is -2.55. The van der Waals surface area contributed by atoms with Gasteiger partial charge in [0.15, 0.2) is 0 Å². The Bertz CT molecular complexity index is 836. The molecule has 0 spiro atoms. The number of unbranched alkanes of at least 4 members (excludes halogenated alkanes) is 1. The highest BCUT2D eigenvalue weighted by Gasteiger charge is 2.51. The summed E-state index contributed by atoms with van der Waals surface area (Å²) in [6, 6.07) is 16.1. The lowest BCUT2D eigenvalue weighted by molar-refractivity contribution is -0.129. The number of halogens is 1. The van der Waals surface area contributed by atoms with Crippen molar-refractivity contribution in [3.8, 4) is 0 Å². The second kappa shape index (κ2) is 9.30. The van der Waals surface area contributed by atoms with Gasteiger partial charge in [-0.15, -0.1) is 0 Å². The van der Waals surface area contributed by atoms with Crippen molar-refractivity contribution in [3.05, 3.63) is 59.1 Å². The third kappa shape index (κ3) is 4.15. The van der Waals surface area contributed by atoms with Gasteiger partial charge < -0.3 is 16.0 Å². The van der Waals surface area contributed by atoms with Gasteiger partial charge in [0.25, 0.3) is 0 Å². The number of amides is 1. The molecule has 1 fully saturated rings. The highest BCUT2D eigenvalue weighted by Crippen LogP contribution is 2.48. The van der Waals surface area contributed by atoms with Crippen molar-refractivity contribution in [2.24, 2.45) is 11.8 Å². The summed E-state index contributed by atoms with van der Waals surface area (Å²) in [5, 5.41) is 11.4. The van der Waals surface area contributed by atoms with Gasteiger partial charge >= 0.3 is 0 Å². The zero-order valence-corrected chi connectivity index (χ0v) is 18.5. The van der Waals surface area contributed by atoms with E-state index in [2.05, 4.69) is 35.0 Å². The summed E-state index contributed by atoms with van der Waals surface area (Å²) in [4.78, 5) is 13.7. The summed E-state index contributed by atoms with van der Waals surface area (Å²) in [6.07, 6.45) is 7.87. The Morgan fingerprint density at radius 2 is 1.70 bits per heavy atom. The van der Waals surface area contributed by atoms with Crippen LogP contribution in [0.15, 0.2) is 48.5 Å². The summed E-state index contributed by atoms with van der Waals surface area (Å²) in [5.74, 6) is 0.242. The van der Waals surface area contributed by atoms with Gasteiger partial charge in [0.2, 0.25) is 5.91 Å². The first-order chi connectivity index (χ1) is 14.6. The maximum Gasteiger partial charge on any atom is 0.228 e. The van der Waals surface area contributed by atoms with Gasteiger partial charge in [-0.05, 0) is 55.0 Å². The molecule has 5 heteroatoms. The smallest absolute Gasteiger partial charge is 0.228 e. The van der Waals surface area contributed by atoms with Gasteiger partial charge in [-0.2, -0.15) is 0 Å². The van der Waals surface area contributed by atoms with E-state index in [1.165, 1.54) is 19.3 Å². The van der Waals surface area contributed by atoms with Gasteiger partial charge in [-0.3, -0.25) is 4.79 Å². The minimum Gasteiger partial charge on any atom is -0.357 e. The Hall–Kier alpha value is -2.20. The summed E-state index contributed by atoms with van der Waals surface area (Å²) < 4.78 is 0. The van der Waals surface area contributed by atoms with Gasteiger partial charge in [-0.1, -0.05) is 68.5 Å². The molecule has 1 aliphatic carbocycles. The zero-order valence-electron chi connectivity index (χ0n) is 17.7. The molecule has 3 N–H and O–H groups in total. The zero-order chi connectivity index (χ0) is 21.0. The molecule has 160 valence electrons. The fourth-order valence-electron chi connectivity index (χ4n) is 5.08. The molecule has 2 aromatic carbocycles. The van der Waals surface area contributed by atoms with E-state index in [0.29, 0.717) is 10.9 Å². The van der Waals surface area contributed by atoms with E-state index in [9.17, 15) is 4.79 Å². The van der Waals surface area contributed by atoms with Crippen molar-refractivity contribution in [1.82, 2.24) is 5.32 Å². The van der Waals surface area contributed by atoms with Crippen molar-refractivity contribution in [3.63, 3.8) is 0 Å². The first-order valence-corrected chi connectivity index (χ1v) is 11.7. The van der Waals surface area contributed by atoms with Gasteiger partial charge in [-0.25, -0.2) is 0 Å². The minimum atomic E-state index is -0.688. The number of carbonyl (C=O) groups excluding carboxylic acids is 1. The number of fused-ring (bicyclic) bond motifs is 1. The van der Waals surface area contributed by atoms with Gasteiger partial charge in [0, 0.05) is 11.6 Å². The summed E-state index contributed by atoms with van der Waals surface area (Å²) in [7, 11) is 0. The molecule has 1 saturated carbocycles. The first kappa shape index (κ1) is 21.0. The van der Waals surface area contributed by atoms with Crippen molar-refractivity contribution in [2.75, 3.05) is 17.2 Å². The molecule has 4 nitrogen and oxygen atoms in total. The Kier molecular flexibility index (Phi) is 6.52. The number of anilines is 2. The fourth-order valence-corrected chi connectivity index (χ4v) is 5.21. The van der Waals surface area contributed by atoms with E-state index in [0.717, 1.165) is 49.2 Å². The molecule has 0 aromatic heterocycles. The summed E-state index contributed by atoms with van der Waals surface area (Å²) in [6.45, 7) is 2.87. The number of rotatable bonds is 7. The monoisotopic (exact) mass is 425 g/mol. The normalized spacial score (nSPS) is 18.7.